The molecule has 0 atom stereocenters. The van der Waals surface area contributed by atoms with Crippen LogP contribution in [0.3, 0.4) is 0 Å². The molecule has 0 N–H and O–H groups in total. The minimum Gasteiger partial charge on any atom is -0.461 e. The first kappa shape index (κ1) is 12.2. The Labute approximate surface area is 94.9 Å². The Morgan fingerprint density at radius 2 is 2.19 bits per heavy atom. The quantitative estimate of drug-likeness (QED) is 0.730. The molecule has 0 unspecified atom stereocenters. The van der Waals surface area contributed by atoms with Crippen LogP contribution in [0.25, 0.3) is 5.65 Å². The maximum Gasteiger partial charge on any atom is 0.358 e. The van der Waals surface area contributed by atoms with Crippen molar-refractivity contribution in [3.05, 3.63) is 36.3 Å². The number of hydrogen-bond donors (Lipinski definition) is 0. The minimum absolute atomic E-state index is 0.345. The van der Waals surface area contributed by atoms with E-state index in [-0.39, 0.29) is 5.97 Å². The molecule has 4 heteroatoms. The van der Waals surface area contributed by atoms with Crippen LogP contribution in [0.1, 0.15) is 31.3 Å². The lowest BCUT2D eigenvalue weighted by Gasteiger charge is -1.95. The molecule has 0 saturated carbocycles. The molecular formula is C12H16N2O2. The topological polar surface area (TPSA) is 43.6 Å². The number of aromatic nitrogens is 2. The lowest BCUT2D eigenvalue weighted by molar-refractivity contribution is 0.0520. The molecule has 2 heterocycles. The van der Waals surface area contributed by atoms with E-state index in [1.807, 2.05) is 38.2 Å². The molecular weight excluding hydrogens is 204 g/mol. The Kier molecular flexibility index (Phi) is 4.51. The largest absolute Gasteiger partial charge is 0.461 e. The smallest absolute Gasteiger partial charge is 0.358 e. The molecule has 0 bridgehead atoms. The fraction of sp³-hybridized carbons (Fsp3) is 0.333. The van der Waals surface area contributed by atoms with Gasteiger partial charge in [0.15, 0.2) is 5.69 Å². The van der Waals surface area contributed by atoms with Gasteiger partial charge in [-0.1, -0.05) is 19.9 Å². The van der Waals surface area contributed by atoms with Crippen molar-refractivity contribution in [3.63, 3.8) is 0 Å². The van der Waals surface area contributed by atoms with Crippen molar-refractivity contribution in [2.45, 2.75) is 20.8 Å². The van der Waals surface area contributed by atoms with Crippen LogP contribution < -0.4 is 0 Å². The van der Waals surface area contributed by atoms with Crippen LogP contribution in [0.5, 0.6) is 0 Å². The van der Waals surface area contributed by atoms with Gasteiger partial charge in [0.1, 0.15) is 5.65 Å². The molecule has 2 aromatic heterocycles. The molecule has 4 nitrogen and oxygen atoms in total. The summed E-state index contributed by atoms with van der Waals surface area (Å²) < 4.78 is 6.63. The number of fused-ring (bicyclic) bond motifs is 1. The van der Waals surface area contributed by atoms with Gasteiger partial charge < -0.3 is 9.14 Å². The summed E-state index contributed by atoms with van der Waals surface area (Å²) in [6, 6.07) is 5.59. The Bertz CT molecular complexity index is 430. The summed E-state index contributed by atoms with van der Waals surface area (Å²) in [5, 5.41) is 0. The average Bonchev–Trinajstić information content (AvgIpc) is 2.75. The van der Waals surface area contributed by atoms with Crippen LogP contribution in [-0.2, 0) is 4.74 Å². The molecule has 2 aromatic rings. The van der Waals surface area contributed by atoms with Crippen molar-refractivity contribution in [2.24, 2.45) is 0 Å². The molecule has 0 radical (unpaired) electrons. The molecule has 0 aliphatic rings. The lowest BCUT2D eigenvalue weighted by Crippen LogP contribution is -2.04. The van der Waals surface area contributed by atoms with E-state index >= 15 is 0 Å². The number of rotatable bonds is 2. The zero-order chi connectivity index (χ0) is 12.0. The van der Waals surface area contributed by atoms with E-state index in [2.05, 4.69) is 4.98 Å². The van der Waals surface area contributed by atoms with Crippen LogP contribution >= 0.6 is 0 Å². The van der Waals surface area contributed by atoms with Crippen molar-refractivity contribution < 1.29 is 9.53 Å². The third kappa shape index (κ3) is 2.59. The van der Waals surface area contributed by atoms with Gasteiger partial charge in [-0.05, 0) is 19.1 Å². The van der Waals surface area contributed by atoms with Crippen LogP contribution in [0, 0.1) is 0 Å². The summed E-state index contributed by atoms with van der Waals surface area (Å²) in [5.41, 5.74) is 1.09. The molecule has 0 aliphatic heterocycles. The van der Waals surface area contributed by atoms with Crippen molar-refractivity contribution in [3.8, 4) is 0 Å². The van der Waals surface area contributed by atoms with Crippen LogP contribution in [0.2, 0.25) is 0 Å². The number of ether oxygens (including phenoxy) is 1. The predicted octanol–water partition coefficient (Wildman–Crippen LogP) is 2.54. The van der Waals surface area contributed by atoms with Crippen LogP contribution in [0.4, 0.5) is 0 Å². The zero-order valence-corrected chi connectivity index (χ0v) is 9.80. The van der Waals surface area contributed by atoms with E-state index < -0.39 is 0 Å². The first-order valence-corrected chi connectivity index (χ1v) is 5.42. The zero-order valence-electron chi connectivity index (χ0n) is 9.80. The van der Waals surface area contributed by atoms with E-state index in [0.29, 0.717) is 12.3 Å². The maximum absolute atomic E-state index is 11.3. The molecule has 86 valence electrons. The standard InChI is InChI=1S/C10H10N2O2.C2H6/c1-2-14-10(13)8-7-12-6-4-3-5-9(12)11-8;1-2/h3-7H,2H2,1H3;1-2H3. The Hall–Kier alpha value is -1.84. The highest BCUT2D eigenvalue weighted by Gasteiger charge is 2.10. The summed E-state index contributed by atoms with van der Waals surface area (Å²) in [6.07, 6.45) is 3.50. The summed E-state index contributed by atoms with van der Waals surface area (Å²) in [6.45, 7) is 6.14. The number of nitrogens with zero attached hydrogens (tertiary/aromatic N) is 2. The monoisotopic (exact) mass is 220 g/mol. The second-order valence-corrected chi connectivity index (χ2v) is 2.81. The van der Waals surface area contributed by atoms with E-state index in [4.69, 9.17) is 4.74 Å². The number of imidazole rings is 1. The lowest BCUT2D eigenvalue weighted by atomic mass is 10.5. The predicted molar refractivity (Wildman–Crippen MR) is 62.5 cm³/mol. The third-order valence-corrected chi connectivity index (χ3v) is 1.85. The van der Waals surface area contributed by atoms with Gasteiger partial charge in [-0.3, -0.25) is 0 Å². The Balaban J connectivity index is 0.000000606. The summed E-state index contributed by atoms with van der Waals surface area (Å²) in [7, 11) is 0. The molecule has 0 amide bonds. The van der Waals surface area contributed by atoms with Gasteiger partial charge in [0.2, 0.25) is 0 Å². The second kappa shape index (κ2) is 5.90. The SMILES string of the molecule is CC.CCOC(=O)c1cn2ccccc2n1. The molecule has 0 fully saturated rings. The van der Waals surface area contributed by atoms with Crippen molar-refractivity contribution in [1.82, 2.24) is 9.38 Å². The highest BCUT2D eigenvalue weighted by molar-refractivity contribution is 5.87. The molecule has 0 spiro atoms. The van der Waals surface area contributed by atoms with Gasteiger partial charge in [0, 0.05) is 12.4 Å². The first-order valence-electron chi connectivity index (χ1n) is 5.42. The Morgan fingerprint density at radius 1 is 1.44 bits per heavy atom. The van der Waals surface area contributed by atoms with Gasteiger partial charge in [-0.2, -0.15) is 0 Å². The van der Waals surface area contributed by atoms with Gasteiger partial charge in [-0.25, -0.2) is 9.78 Å². The maximum atomic E-state index is 11.3. The number of carbonyl (C=O) groups is 1. The molecule has 0 aliphatic carbocycles. The molecule has 0 aromatic carbocycles. The van der Waals surface area contributed by atoms with E-state index in [1.54, 1.807) is 17.5 Å². The number of esters is 1. The van der Waals surface area contributed by atoms with Crippen LogP contribution in [0.15, 0.2) is 30.6 Å². The minimum atomic E-state index is -0.379. The number of hydrogen-bond acceptors (Lipinski definition) is 3. The molecule has 2 rings (SSSR count). The highest BCUT2D eigenvalue weighted by atomic mass is 16.5. The fourth-order valence-corrected chi connectivity index (χ4v) is 1.24. The first-order chi connectivity index (χ1) is 7.81. The summed E-state index contributed by atoms with van der Waals surface area (Å²) >= 11 is 0. The van der Waals surface area contributed by atoms with Gasteiger partial charge in [0.05, 0.1) is 6.61 Å². The normalized spacial score (nSPS) is 9.44. The summed E-state index contributed by atoms with van der Waals surface area (Å²) in [4.78, 5) is 15.4. The van der Waals surface area contributed by atoms with Crippen molar-refractivity contribution >= 4 is 11.6 Å². The third-order valence-electron chi connectivity index (χ3n) is 1.85. The van der Waals surface area contributed by atoms with Crippen molar-refractivity contribution in [2.75, 3.05) is 6.61 Å². The average molecular weight is 220 g/mol. The highest BCUT2D eigenvalue weighted by Crippen LogP contribution is 2.05. The molecule has 0 saturated heterocycles. The van der Waals surface area contributed by atoms with Gasteiger partial charge >= 0.3 is 5.97 Å². The van der Waals surface area contributed by atoms with Gasteiger partial charge in [-0.15, -0.1) is 0 Å². The second-order valence-electron chi connectivity index (χ2n) is 2.81. The summed E-state index contributed by atoms with van der Waals surface area (Å²) in [5.74, 6) is -0.379. The van der Waals surface area contributed by atoms with E-state index in [9.17, 15) is 4.79 Å². The van der Waals surface area contributed by atoms with E-state index in [1.165, 1.54) is 0 Å². The van der Waals surface area contributed by atoms with Crippen molar-refractivity contribution in [1.29, 1.82) is 0 Å². The van der Waals surface area contributed by atoms with Gasteiger partial charge in [0.25, 0.3) is 0 Å². The number of pyridine rings is 1. The number of carbonyl (C=O) groups excluding carboxylic acids is 1. The van der Waals surface area contributed by atoms with E-state index in [0.717, 1.165) is 5.65 Å². The Morgan fingerprint density at radius 3 is 2.81 bits per heavy atom. The van der Waals surface area contributed by atoms with Crippen LogP contribution in [-0.4, -0.2) is 22.0 Å². The molecule has 16 heavy (non-hydrogen) atoms. The fourth-order valence-electron chi connectivity index (χ4n) is 1.24.